The molecule has 2 N–H and O–H groups in total. The molecule has 0 fully saturated rings. The second-order valence-electron chi connectivity index (χ2n) is 4.54. The van der Waals surface area contributed by atoms with Gasteiger partial charge in [-0.1, -0.05) is 26.8 Å². The molecule has 0 radical (unpaired) electrons. The number of carbonyl (C=O) groups is 1. The monoisotopic (exact) mass is 221 g/mol. The van der Waals surface area contributed by atoms with E-state index in [0.717, 1.165) is 5.56 Å². The number of anilines is 1. The molecule has 88 valence electrons. The minimum absolute atomic E-state index is 0.0610. The van der Waals surface area contributed by atoms with Crippen molar-refractivity contribution in [3.05, 3.63) is 23.8 Å². The maximum absolute atomic E-state index is 11.8. The molecule has 3 nitrogen and oxygen atoms in total. The third-order valence-electron chi connectivity index (χ3n) is 2.82. The molecule has 0 saturated heterocycles. The summed E-state index contributed by atoms with van der Waals surface area (Å²) in [7, 11) is 0. The van der Waals surface area contributed by atoms with Crippen LogP contribution in [0.4, 0.5) is 5.69 Å². The van der Waals surface area contributed by atoms with Crippen molar-refractivity contribution in [2.24, 2.45) is 11.8 Å². The number of phenolic OH excluding ortho intramolecular Hbond substituents is 1. The number of rotatable bonds is 3. The van der Waals surface area contributed by atoms with Gasteiger partial charge in [-0.05, 0) is 30.5 Å². The minimum atomic E-state index is -0.0688. The van der Waals surface area contributed by atoms with E-state index in [1.54, 1.807) is 12.1 Å². The molecule has 0 saturated carbocycles. The second-order valence-corrected chi connectivity index (χ2v) is 4.54. The van der Waals surface area contributed by atoms with Gasteiger partial charge in [-0.3, -0.25) is 4.79 Å². The van der Waals surface area contributed by atoms with Gasteiger partial charge in [0, 0.05) is 5.92 Å². The maximum Gasteiger partial charge on any atom is 0.227 e. The van der Waals surface area contributed by atoms with Crippen molar-refractivity contribution < 1.29 is 9.90 Å². The average Bonchev–Trinajstić information content (AvgIpc) is 2.20. The third-order valence-corrected chi connectivity index (χ3v) is 2.82. The molecule has 1 unspecified atom stereocenters. The summed E-state index contributed by atoms with van der Waals surface area (Å²) in [4.78, 5) is 11.8. The summed E-state index contributed by atoms with van der Waals surface area (Å²) in [6, 6.07) is 5.21. The van der Waals surface area contributed by atoms with E-state index < -0.39 is 0 Å². The summed E-state index contributed by atoms with van der Waals surface area (Å²) in [6.45, 7) is 7.77. The zero-order chi connectivity index (χ0) is 12.3. The first-order chi connectivity index (χ1) is 7.41. The van der Waals surface area contributed by atoms with Crippen molar-refractivity contribution in [1.82, 2.24) is 0 Å². The van der Waals surface area contributed by atoms with E-state index in [9.17, 15) is 9.90 Å². The largest absolute Gasteiger partial charge is 0.506 e. The second kappa shape index (κ2) is 5.01. The lowest BCUT2D eigenvalue weighted by atomic mass is 9.97. The van der Waals surface area contributed by atoms with E-state index >= 15 is 0 Å². The van der Waals surface area contributed by atoms with E-state index in [1.165, 1.54) is 0 Å². The average molecular weight is 221 g/mol. The summed E-state index contributed by atoms with van der Waals surface area (Å²) >= 11 is 0. The van der Waals surface area contributed by atoms with E-state index in [-0.39, 0.29) is 23.5 Å². The minimum Gasteiger partial charge on any atom is -0.506 e. The lowest BCUT2D eigenvalue weighted by molar-refractivity contribution is -0.120. The highest BCUT2D eigenvalue weighted by atomic mass is 16.3. The number of phenols is 1. The van der Waals surface area contributed by atoms with E-state index in [2.05, 4.69) is 5.32 Å². The Hall–Kier alpha value is -1.51. The number of hydrogen-bond donors (Lipinski definition) is 2. The van der Waals surface area contributed by atoms with Crippen LogP contribution < -0.4 is 5.32 Å². The van der Waals surface area contributed by atoms with Crippen LogP contribution in [0, 0.1) is 18.8 Å². The fraction of sp³-hybridized carbons (Fsp3) is 0.462. The molecule has 0 aliphatic heterocycles. The molecule has 0 aliphatic rings. The first kappa shape index (κ1) is 12.6. The van der Waals surface area contributed by atoms with Crippen molar-refractivity contribution in [2.45, 2.75) is 27.7 Å². The quantitative estimate of drug-likeness (QED) is 0.771. The fourth-order valence-corrected chi connectivity index (χ4v) is 1.30. The van der Waals surface area contributed by atoms with Gasteiger partial charge in [0.15, 0.2) is 0 Å². The first-order valence-electron chi connectivity index (χ1n) is 5.52. The zero-order valence-corrected chi connectivity index (χ0v) is 10.2. The highest BCUT2D eigenvalue weighted by molar-refractivity contribution is 5.93. The molecule has 0 bridgehead atoms. The van der Waals surface area contributed by atoms with Crippen molar-refractivity contribution in [3.63, 3.8) is 0 Å². The fourth-order valence-electron chi connectivity index (χ4n) is 1.30. The molecule has 0 spiro atoms. The Morgan fingerprint density at radius 3 is 2.44 bits per heavy atom. The lowest BCUT2D eigenvalue weighted by Gasteiger charge is -2.16. The summed E-state index contributed by atoms with van der Waals surface area (Å²) in [6.07, 6.45) is 0. The van der Waals surface area contributed by atoms with Crippen LogP contribution in [-0.4, -0.2) is 11.0 Å². The zero-order valence-electron chi connectivity index (χ0n) is 10.2. The number of aryl methyl sites for hydroxylation is 1. The summed E-state index contributed by atoms with van der Waals surface area (Å²) in [5.74, 6) is 0.270. The standard InChI is InChI=1S/C13H19NO2/c1-8(2)10(4)13(16)14-11-6-5-9(3)7-12(11)15/h5-8,10,15H,1-4H3,(H,14,16). The molecule has 0 heterocycles. The van der Waals surface area contributed by atoms with Gasteiger partial charge >= 0.3 is 0 Å². The molecule has 0 aliphatic carbocycles. The van der Waals surface area contributed by atoms with Gasteiger partial charge < -0.3 is 10.4 Å². The lowest BCUT2D eigenvalue weighted by Crippen LogP contribution is -2.24. The Labute approximate surface area is 96.5 Å². The third kappa shape index (κ3) is 2.99. The van der Waals surface area contributed by atoms with Crippen molar-refractivity contribution in [3.8, 4) is 5.75 Å². The summed E-state index contributed by atoms with van der Waals surface area (Å²) < 4.78 is 0. The Balaban J connectivity index is 2.77. The summed E-state index contributed by atoms with van der Waals surface area (Å²) in [5, 5.41) is 12.4. The van der Waals surface area contributed by atoms with E-state index in [1.807, 2.05) is 33.8 Å². The van der Waals surface area contributed by atoms with Gasteiger partial charge in [0.1, 0.15) is 5.75 Å². The van der Waals surface area contributed by atoms with Gasteiger partial charge in [0.2, 0.25) is 5.91 Å². The van der Waals surface area contributed by atoms with Crippen LogP contribution in [0.2, 0.25) is 0 Å². The number of carbonyl (C=O) groups excluding carboxylic acids is 1. The Morgan fingerprint density at radius 2 is 1.94 bits per heavy atom. The Kier molecular flexibility index (Phi) is 3.93. The Morgan fingerprint density at radius 1 is 1.31 bits per heavy atom. The van der Waals surface area contributed by atoms with Crippen molar-refractivity contribution in [1.29, 1.82) is 0 Å². The Bertz CT molecular complexity index is 386. The molecular formula is C13H19NO2. The van der Waals surface area contributed by atoms with Gasteiger partial charge in [-0.2, -0.15) is 0 Å². The molecule has 1 atom stereocenters. The van der Waals surface area contributed by atoms with Gasteiger partial charge in [0.05, 0.1) is 5.69 Å². The molecule has 16 heavy (non-hydrogen) atoms. The number of amides is 1. The molecule has 0 aromatic heterocycles. The maximum atomic E-state index is 11.8. The number of benzene rings is 1. The van der Waals surface area contributed by atoms with Crippen LogP contribution in [0.3, 0.4) is 0 Å². The normalized spacial score (nSPS) is 12.6. The predicted molar refractivity (Wildman–Crippen MR) is 65.5 cm³/mol. The molecule has 1 amide bonds. The first-order valence-corrected chi connectivity index (χ1v) is 5.52. The van der Waals surface area contributed by atoms with Gasteiger partial charge in [-0.15, -0.1) is 0 Å². The SMILES string of the molecule is Cc1ccc(NC(=O)C(C)C(C)C)c(O)c1. The van der Waals surface area contributed by atoms with Crippen LogP contribution in [0.1, 0.15) is 26.3 Å². The molecule has 3 heteroatoms. The predicted octanol–water partition coefficient (Wildman–Crippen LogP) is 2.93. The highest BCUT2D eigenvalue weighted by Gasteiger charge is 2.17. The number of hydrogen-bond acceptors (Lipinski definition) is 2. The molecule has 1 rings (SSSR count). The molecule has 1 aromatic rings. The smallest absolute Gasteiger partial charge is 0.227 e. The van der Waals surface area contributed by atoms with E-state index in [4.69, 9.17) is 0 Å². The molecular weight excluding hydrogens is 202 g/mol. The topological polar surface area (TPSA) is 49.3 Å². The van der Waals surface area contributed by atoms with Crippen molar-refractivity contribution >= 4 is 11.6 Å². The van der Waals surface area contributed by atoms with Crippen LogP contribution in [0.5, 0.6) is 5.75 Å². The highest BCUT2D eigenvalue weighted by Crippen LogP contribution is 2.25. The summed E-state index contributed by atoms with van der Waals surface area (Å²) in [5.41, 5.74) is 1.44. The number of aromatic hydroxyl groups is 1. The van der Waals surface area contributed by atoms with Crippen LogP contribution in [-0.2, 0) is 4.79 Å². The van der Waals surface area contributed by atoms with Crippen LogP contribution in [0.15, 0.2) is 18.2 Å². The number of nitrogens with one attached hydrogen (secondary N) is 1. The van der Waals surface area contributed by atoms with Crippen LogP contribution >= 0.6 is 0 Å². The molecule has 1 aromatic carbocycles. The van der Waals surface area contributed by atoms with Crippen molar-refractivity contribution in [2.75, 3.05) is 5.32 Å². The van der Waals surface area contributed by atoms with Gasteiger partial charge in [0.25, 0.3) is 0 Å². The van der Waals surface area contributed by atoms with Gasteiger partial charge in [-0.25, -0.2) is 0 Å². The van der Waals surface area contributed by atoms with Crippen LogP contribution in [0.25, 0.3) is 0 Å². The van der Waals surface area contributed by atoms with E-state index in [0.29, 0.717) is 5.69 Å².